The molecular formula is C14H14N6O3. The van der Waals surface area contributed by atoms with Crippen molar-refractivity contribution < 1.29 is 9.47 Å². The van der Waals surface area contributed by atoms with E-state index in [0.29, 0.717) is 23.1 Å². The molecular weight excluding hydrogens is 300 g/mol. The first-order valence-corrected chi connectivity index (χ1v) is 6.66. The van der Waals surface area contributed by atoms with E-state index in [9.17, 15) is 4.79 Å². The van der Waals surface area contributed by atoms with Gasteiger partial charge in [0, 0.05) is 0 Å². The third kappa shape index (κ3) is 2.98. The van der Waals surface area contributed by atoms with Gasteiger partial charge in [-0.15, -0.1) is 0 Å². The molecule has 118 valence electrons. The van der Waals surface area contributed by atoms with E-state index in [0.717, 1.165) is 5.56 Å². The Hall–Kier alpha value is -3.36. The van der Waals surface area contributed by atoms with Crippen LogP contribution in [0.4, 0.5) is 5.95 Å². The summed E-state index contributed by atoms with van der Waals surface area (Å²) in [7, 11) is 3.14. The van der Waals surface area contributed by atoms with Crippen molar-refractivity contribution in [3.05, 3.63) is 40.4 Å². The number of ether oxygens (including phenoxy) is 2. The van der Waals surface area contributed by atoms with Crippen LogP contribution in [0.2, 0.25) is 0 Å². The van der Waals surface area contributed by atoms with E-state index in [1.165, 1.54) is 6.33 Å². The molecule has 0 bridgehead atoms. The lowest BCUT2D eigenvalue weighted by molar-refractivity contribution is 0.355. The Morgan fingerprint density at radius 3 is 2.83 bits per heavy atom. The number of imidazole rings is 1. The number of anilines is 1. The summed E-state index contributed by atoms with van der Waals surface area (Å²) in [6.45, 7) is 0. The van der Waals surface area contributed by atoms with Gasteiger partial charge in [-0.2, -0.15) is 10.1 Å². The molecule has 3 N–H and O–H groups in total. The van der Waals surface area contributed by atoms with Crippen LogP contribution < -0.4 is 20.5 Å². The minimum Gasteiger partial charge on any atom is -0.493 e. The first-order chi connectivity index (χ1) is 11.2. The SMILES string of the molecule is COc1ccc(/C=N/Nc2nc3nc[nH]c(=O)c3[nH]2)cc1OC. The van der Waals surface area contributed by atoms with Gasteiger partial charge in [0.1, 0.15) is 0 Å². The summed E-state index contributed by atoms with van der Waals surface area (Å²) in [5, 5.41) is 4.06. The number of nitrogens with one attached hydrogen (secondary N) is 3. The van der Waals surface area contributed by atoms with E-state index in [1.54, 1.807) is 32.6 Å². The molecule has 0 radical (unpaired) electrons. The van der Waals surface area contributed by atoms with Crippen LogP contribution in [0.15, 0.2) is 34.4 Å². The van der Waals surface area contributed by atoms with Crippen LogP contribution in [0.5, 0.6) is 11.5 Å². The topological polar surface area (TPSA) is 117 Å². The summed E-state index contributed by atoms with van der Waals surface area (Å²) in [5.74, 6) is 1.57. The molecule has 0 unspecified atom stereocenters. The summed E-state index contributed by atoms with van der Waals surface area (Å²) in [4.78, 5) is 24.9. The van der Waals surface area contributed by atoms with Crippen molar-refractivity contribution in [3.63, 3.8) is 0 Å². The van der Waals surface area contributed by atoms with Crippen molar-refractivity contribution >= 4 is 23.3 Å². The molecule has 0 amide bonds. The van der Waals surface area contributed by atoms with Crippen LogP contribution in [0, 0.1) is 0 Å². The molecule has 0 aliphatic carbocycles. The number of methoxy groups -OCH3 is 2. The molecule has 0 atom stereocenters. The number of benzene rings is 1. The van der Waals surface area contributed by atoms with Crippen molar-refractivity contribution in [2.75, 3.05) is 19.6 Å². The van der Waals surface area contributed by atoms with Crippen molar-refractivity contribution in [1.82, 2.24) is 19.9 Å². The van der Waals surface area contributed by atoms with Crippen LogP contribution in [-0.4, -0.2) is 40.4 Å². The molecule has 9 nitrogen and oxygen atoms in total. The second-order valence-corrected chi connectivity index (χ2v) is 4.50. The average Bonchev–Trinajstić information content (AvgIpc) is 2.99. The van der Waals surface area contributed by atoms with Crippen LogP contribution in [0.1, 0.15) is 5.56 Å². The third-order valence-corrected chi connectivity index (χ3v) is 3.09. The van der Waals surface area contributed by atoms with Gasteiger partial charge in [-0.3, -0.25) is 4.79 Å². The fourth-order valence-electron chi connectivity index (χ4n) is 1.99. The number of nitrogens with zero attached hydrogens (tertiary/aromatic N) is 3. The van der Waals surface area contributed by atoms with Gasteiger partial charge in [0.2, 0.25) is 5.95 Å². The van der Waals surface area contributed by atoms with Gasteiger partial charge in [0.25, 0.3) is 5.56 Å². The quantitative estimate of drug-likeness (QED) is 0.480. The summed E-state index contributed by atoms with van der Waals surface area (Å²) >= 11 is 0. The molecule has 0 aliphatic heterocycles. The lowest BCUT2D eigenvalue weighted by Gasteiger charge is -2.07. The minimum atomic E-state index is -0.292. The van der Waals surface area contributed by atoms with Gasteiger partial charge in [-0.25, -0.2) is 10.4 Å². The number of hydrogen-bond donors (Lipinski definition) is 3. The predicted molar refractivity (Wildman–Crippen MR) is 85.3 cm³/mol. The minimum absolute atomic E-state index is 0.288. The molecule has 3 rings (SSSR count). The van der Waals surface area contributed by atoms with Crippen molar-refractivity contribution in [2.24, 2.45) is 5.10 Å². The first kappa shape index (κ1) is 14.6. The van der Waals surface area contributed by atoms with Gasteiger partial charge in [-0.05, 0) is 23.8 Å². The molecule has 0 aliphatic rings. The molecule has 23 heavy (non-hydrogen) atoms. The lowest BCUT2D eigenvalue weighted by atomic mass is 10.2. The second kappa shape index (κ2) is 6.18. The van der Waals surface area contributed by atoms with Gasteiger partial charge in [-0.1, -0.05) is 0 Å². The fourth-order valence-corrected chi connectivity index (χ4v) is 1.99. The molecule has 2 heterocycles. The van der Waals surface area contributed by atoms with E-state index in [4.69, 9.17) is 9.47 Å². The number of fused-ring (bicyclic) bond motifs is 1. The summed E-state index contributed by atoms with van der Waals surface area (Å²) in [6, 6.07) is 5.40. The number of aromatic nitrogens is 4. The molecule has 0 saturated heterocycles. The number of aromatic amines is 2. The highest BCUT2D eigenvalue weighted by molar-refractivity contribution is 5.81. The first-order valence-electron chi connectivity index (χ1n) is 6.66. The Morgan fingerprint density at radius 1 is 1.26 bits per heavy atom. The number of hydrogen-bond acceptors (Lipinski definition) is 7. The van der Waals surface area contributed by atoms with E-state index in [2.05, 4.69) is 30.5 Å². The van der Waals surface area contributed by atoms with Crippen LogP contribution >= 0.6 is 0 Å². The van der Waals surface area contributed by atoms with Crippen molar-refractivity contribution in [2.45, 2.75) is 0 Å². The highest BCUT2D eigenvalue weighted by Gasteiger charge is 2.06. The number of hydrazone groups is 1. The molecule has 0 saturated carbocycles. The molecule has 0 fully saturated rings. The Labute approximate surface area is 130 Å². The van der Waals surface area contributed by atoms with Gasteiger partial charge in [0.15, 0.2) is 22.7 Å². The third-order valence-electron chi connectivity index (χ3n) is 3.09. The van der Waals surface area contributed by atoms with Crippen molar-refractivity contribution in [1.29, 1.82) is 0 Å². The predicted octanol–water partition coefficient (Wildman–Crippen LogP) is 1.11. The highest BCUT2D eigenvalue weighted by atomic mass is 16.5. The Bertz CT molecular complexity index is 914. The molecule has 0 spiro atoms. The Balaban J connectivity index is 1.77. The van der Waals surface area contributed by atoms with Gasteiger partial charge < -0.3 is 19.4 Å². The molecule has 9 heteroatoms. The molecule has 1 aromatic carbocycles. The van der Waals surface area contributed by atoms with Crippen LogP contribution in [0.25, 0.3) is 11.2 Å². The standard InChI is InChI=1S/C14H14N6O3/c1-22-9-4-3-8(5-10(9)23-2)6-17-20-14-18-11-12(19-14)15-7-16-13(11)21/h3-7H,1-2H3,(H3,15,16,18,19,20,21)/b17-6+. The lowest BCUT2D eigenvalue weighted by Crippen LogP contribution is -2.05. The summed E-state index contributed by atoms with van der Waals surface area (Å²) in [5.41, 5.74) is 3.83. The largest absolute Gasteiger partial charge is 0.493 e. The zero-order valence-corrected chi connectivity index (χ0v) is 12.5. The summed E-state index contributed by atoms with van der Waals surface area (Å²) in [6.07, 6.45) is 2.88. The van der Waals surface area contributed by atoms with Crippen LogP contribution in [0.3, 0.4) is 0 Å². The molecule has 3 aromatic rings. The maximum absolute atomic E-state index is 11.6. The van der Waals surface area contributed by atoms with E-state index >= 15 is 0 Å². The van der Waals surface area contributed by atoms with Gasteiger partial charge >= 0.3 is 0 Å². The monoisotopic (exact) mass is 314 g/mol. The zero-order chi connectivity index (χ0) is 16.2. The van der Waals surface area contributed by atoms with E-state index in [1.807, 2.05) is 6.07 Å². The highest BCUT2D eigenvalue weighted by Crippen LogP contribution is 2.26. The summed E-state index contributed by atoms with van der Waals surface area (Å²) < 4.78 is 10.4. The molecule has 2 aromatic heterocycles. The average molecular weight is 314 g/mol. The van der Waals surface area contributed by atoms with E-state index in [-0.39, 0.29) is 11.1 Å². The Morgan fingerprint density at radius 2 is 2.09 bits per heavy atom. The normalized spacial score (nSPS) is 11.0. The smallest absolute Gasteiger partial charge is 0.276 e. The second-order valence-electron chi connectivity index (χ2n) is 4.50. The number of rotatable bonds is 5. The van der Waals surface area contributed by atoms with Gasteiger partial charge in [0.05, 0.1) is 26.8 Å². The van der Waals surface area contributed by atoms with E-state index < -0.39 is 0 Å². The zero-order valence-electron chi connectivity index (χ0n) is 12.5. The maximum Gasteiger partial charge on any atom is 0.276 e. The van der Waals surface area contributed by atoms with Crippen molar-refractivity contribution in [3.8, 4) is 11.5 Å². The fraction of sp³-hybridized carbons (Fsp3) is 0.143. The number of H-pyrrole nitrogens is 2. The van der Waals surface area contributed by atoms with Crippen LogP contribution in [-0.2, 0) is 0 Å². The maximum atomic E-state index is 11.6. The Kier molecular flexibility index (Phi) is 3.91.